The highest BCUT2D eigenvalue weighted by molar-refractivity contribution is 9.10. The minimum absolute atomic E-state index is 0.199. The second-order valence-electron chi connectivity index (χ2n) is 4.03. The number of nitrogens with one attached hydrogen (secondary N) is 1. The predicted molar refractivity (Wildman–Crippen MR) is 74.7 cm³/mol. The van der Waals surface area contributed by atoms with E-state index in [0.717, 1.165) is 4.47 Å². The lowest BCUT2D eigenvalue weighted by atomic mass is 10.1. The second-order valence-corrected chi connectivity index (χ2v) is 6.88. The third kappa shape index (κ3) is 5.19. The third-order valence-electron chi connectivity index (χ3n) is 2.50. The van der Waals surface area contributed by atoms with Gasteiger partial charge >= 0.3 is 0 Å². The van der Waals surface area contributed by atoms with Gasteiger partial charge in [-0.15, -0.1) is 0 Å². The molecule has 0 aliphatic rings. The van der Waals surface area contributed by atoms with Crippen molar-refractivity contribution in [2.75, 3.05) is 12.3 Å². The van der Waals surface area contributed by atoms with Gasteiger partial charge in [0, 0.05) is 11.0 Å². The van der Waals surface area contributed by atoms with E-state index in [2.05, 4.69) is 20.7 Å². The van der Waals surface area contributed by atoms with Gasteiger partial charge in [-0.25, -0.2) is 13.1 Å². The zero-order chi connectivity index (χ0) is 12.9. The van der Waals surface area contributed by atoms with Crippen LogP contribution in [0.3, 0.4) is 0 Å². The second kappa shape index (κ2) is 6.52. The molecule has 3 nitrogen and oxygen atoms in total. The van der Waals surface area contributed by atoms with Crippen LogP contribution in [-0.2, 0) is 16.4 Å². The number of aryl methyl sites for hydroxylation is 1. The van der Waals surface area contributed by atoms with Gasteiger partial charge in [-0.3, -0.25) is 0 Å². The molecule has 0 aliphatic heterocycles. The Bertz CT molecular complexity index is 471. The number of halogens is 1. The Kier molecular flexibility index (Phi) is 5.62. The molecule has 0 aromatic heterocycles. The van der Waals surface area contributed by atoms with Gasteiger partial charge in [0.1, 0.15) is 0 Å². The highest BCUT2D eigenvalue weighted by atomic mass is 79.9. The summed E-state index contributed by atoms with van der Waals surface area (Å²) in [7, 11) is -3.09. The lowest BCUT2D eigenvalue weighted by molar-refractivity contribution is 0.580. The van der Waals surface area contributed by atoms with Crippen molar-refractivity contribution in [2.24, 2.45) is 0 Å². The van der Waals surface area contributed by atoms with Gasteiger partial charge in [0.05, 0.1) is 5.75 Å². The Balaban J connectivity index is 2.54. The Hall–Kier alpha value is -0.390. The summed E-state index contributed by atoms with van der Waals surface area (Å²) in [5.74, 6) is 0.199. The number of hydrogen-bond acceptors (Lipinski definition) is 2. The van der Waals surface area contributed by atoms with Crippen LogP contribution < -0.4 is 4.72 Å². The Morgan fingerprint density at radius 2 is 2.06 bits per heavy atom. The molecule has 0 unspecified atom stereocenters. The molecule has 0 radical (unpaired) electrons. The summed E-state index contributed by atoms with van der Waals surface area (Å²) in [6.45, 7) is 4.35. The number of sulfonamides is 1. The van der Waals surface area contributed by atoms with Gasteiger partial charge in [-0.05, 0) is 43.0 Å². The summed E-state index contributed by atoms with van der Waals surface area (Å²) < 4.78 is 26.5. The molecule has 1 rings (SSSR count). The van der Waals surface area contributed by atoms with Gasteiger partial charge in [0.25, 0.3) is 0 Å². The molecule has 96 valence electrons. The summed E-state index contributed by atoms with van der Waals surface area (Å²) >= 11 is 3.41. The summed E-state index contributed by atoms with van der Waals surface area (Å²) in [6, 6.07) is 6.05. The molecule has 1 aromatic rings. The van der Waals surface area contributed by atoms with Crippen molar-refractivity contribution in [3.63, 3.8) is 0 Å². The van der Waals surface area contributed by atoms with E-state index in [1.807, 2.05) is 32.0 Å². The first-order valence-corrected chi connectivity index (χ1v) is 8.11. The van der Waals surface area contributed by atoms with Crippen molar-refractivity contribution in [1.82, 2.24) is 4.72 Å². The van der Waals surface area contributed by atoms with Crippen LogP contribution in [0.15, 0.2) is 22.7 Å². The predicted octanol–water partition coefficient (Wildman–Crippen LogP) is 2.63. The molecule has 5 heteroatoms. The molecular formula is C12H18BrNO2S. The molecular weight excluding hydrogens is 302 g/mol. The summed E-state index contributed by atoms with van der Waals surface area (Å²) in [6.07, 6.45) is 1.36. The van der Waals surface area contributed by atoms with Crippen LogP contribution in [0.5, 0.6) is 0 Å². The van der Waals surface area contributed by atoms with Crippen LogP contribution in [0.1, 0.15) is 24.5 Å². The van der Waals surface area contributed by atoms with Crippen LogP contribution in [0.25, 0.3) is 0 Å². The SMILES string of the molecule is CCCS(=O)(=O)NCCc1cc(Br)ccc1C. The fraction of sp³-hybridized carbons (Fsp3) is 0.500. The Morgan fingerprint density at radius 1 is 1.35 bits per heavy atom. The van der Waals surface area contributed by atoms with Gasteiger partial charge in [0.2, 0.25) is 10.0 Å². The van der Waals surface area contributed by atoms with Crippen LogP contribution in [0.2, 0.25) is 0 Å². The smallest absolute Gasteiger partial charge is 0.211 e. The van der Waals surface area contributed by atoms with Crippen molar-refractivity contribution in [1.29, 1.82) is 0 Å². The van der Waals surface area contributed by atoms with E-state index in [1.165, 1.54) is 11.1 Å². The molecule has 0 amide bonds. The van der Waals surface area contributed by atoms with Crippen molar-refractivity contribution < 1.29 is 8.42 Å². The Labute approximate surface area is 112 Å². The van der Waals surface area contributed by atoms with Gasteiger partial charge < -0.3 is 0 Å². The topological polar surface area (TPSA) is 46.2 Å². The van der Waals surface area contributed by atoms with Crippen molar-refractivity contribution in [3.8, 4) is 0 Å². The third-order valence-corrected chi connectivity index (χ3v) is 4.58. The van der Waals surface area contributed by atoms with Crippen LogP contribution in [-0.4, -0.2) is 20.7 Å². The largest absolute Gasteiger partial charge is 0.215 e. The fourth-order valence-corrected chi connectivity index (χ4v) is 3.09. The molecule has 17 heavy (non-hydrogen) atoms. The Morgan fingerprint density at radius 3 is 2.71 bits per heavy atom. The van der Waals surface area contributed by atoms with Crippen LogP contribution in [0.4, 0.5) is 0 Å². The maximum atomic E-state index is 11.5. The lowest BCUT2D eigenvalue weighted by Crippen LogP contribution is -2.28. The average Bonchev–Trinajstić information content (AvgIpc) is 2.23. The summed E-state index contributed by atoms with van der Waals surface area (Å²) in [5, 5.41) is 0. The maximum absolute atomic E-state index is 11.5. The fourth-order valence-electron chi connectivity index (χ4n) is 1.59. The highest BCUT2D eigenvalue weighted by Crippen LogP contribution is 2.16. The van der Waals surface area contributed by atoms with Gasteiger partial charge in [0.15, 0.2) is 0 Å². The van der Waals surface area contributed by atoms with E-state index >= 15 is 0 Å². The van der Waals surface area contributed by atoms with E-state index in [0.29, 0.717) is 19.4 Å². The zero-order valence-electron chi connectivity index (χ0n) is 10.2. The van der Waals surface area contributed by atoms with Crippen molar-refractivity contribution in [2.45, 2.75) is 26.7 Å². The van der Waals surface area contributed by atoms with E-state index < -0.39 is 10.0 Å². The first-order valence-electron chi connectivity index (χ1n) is 5.67. The maximum Gasteiger partial charge on any atom is 0.211 e. The van der Waals surface area contributed by atoms with E-state index in [4.69, 9.17) is 0 Å². The van der Waals surface area contributed by atoms with E-state index in [1.54, 1.807) is 0 Å². The number of benzene rings is 1. The number of hydrogen-bond donors (Lipinski definition) is 1. The molecule has 0 bridgehead atoms. The van der Waals surface area contributed by atoms with Gasteiger partial charge in [-0.2, -0.15) is 0 Å². The molecule has 1 N–H and O–H groups in total. The number of rotatable bonds is 6. The monoisotopic (exact) mass is 319 g/mol. The molecule has 0 saturated heterocycles. The standard InChI is InChI=1S/C12H18BrNO2S/c1-3-8-17(15,16)14-7-6-11-9-12(13)5-4-10(11)2/h4-5,9,14H,3,6-8H2,1-2H3. The summed E-state index contributed by atoms with van der Waals surface area (Å²) in [5.41, 5.74) is 2.35. The molecule has 0 aliphatic carbocycles. The highest BCUT2D eigenvalue weighted by Gasteiger charge is 2.08. The van der Waals surface area contributed by atoms with Gasteiger partial charge in [-0.1, -0.05) is 28.9 Å². The van der Waals surface area contributed by atoms with Crippen molar-refractivity contribution in [3.05, 3.63) is 33.8 Å². The first kappa shape index (κ1) is 14.7. The average molecular weight is 320 g/mol. The minimum Gasteiger partial charge on any atom is -0.215 e. The first-order chi connectivity index (χ1) is 7.94. The van der Waals surface area contributed by atoms with Crippen molar-refractivity contribution >= 4 is 26.0 Å². The molecule has 0 saturated carbocycles. The zero-order valence-corrected chi connectivity index (χ0v) is 12.6. The minimum atomic E-state index is -3.09. The molecule has 0 fully saturated rings. The van der Waals surface area contributed by atoms with Crippen LogP contribution in [0, 0.1) is 6.92 Å². The molecule has 0 atom stereocenters. The quantitative estimate of drug-likeness (QED) is 0.876. The van der Waals surface area contributed by atoms with E-state index in [-0.39, 0.29) is 5.75 Å². The molecule has 0 heterocycles. The van der Waals surface area contributed by atoms with Crippen LogP contribution >= 0.6 is 15.9 Å². The molecule has 0 spiro atoms. The molecule has 1 aromatic carbocycles. The summed E-state index contributed by atoms with van der Waals surface area (Å²) in [4.78, 5) is 0. The normalized spacial score (nSPS) is 11.7. The van der Waals surface area contributed by atoms with E-state index in [9.17, 15) is 8.42 Å². The lowest BCUT2D eigenvalue weighted by Gasteiger charge is -2.08.